The molecule has 0 unspecified atom stereocenters. The number of fused-ring (bicyclic) bond motifs is 1. The molecule has 4 rings (SSSR count). The van der Waals surface area contributed by atoms with Crippen molar-refractivity contribution in [3.05, 3.63) is 88.7 Å². The normalized spacial score (nSPS) is 11.0. The molecule has 0 bridgehead atoms. The molecule has 1 aromatic heterocycles. The number of carbonyl (C=O) groups is 1. The number of hydrogen-bond donors (Lipinski definition) is 1. The molecule has 0 radical (unpaired) electrons. The fourth-order valence-electron chi connectivity index (χ4n) is 3.29. The lowest BCUT2D eigenvalue weighted by Crippen LogP contribution is -2.24. The second-order valence-electron chi connectivity index (χ2n) is 7.08. The van der Waals surface area contributed by atoms with Gasteiger partial charge in [0.25, 0.3) is 11.5 Å². The van der Waals surface area contributed by atoms with E-state index in [1.807, 2.05) is 36.4 Å². The number of hydrazone groups is 1. The largest absolute Gasteiger partial charge is 0.497 e. The molecular weight excluding hydrogens is 452 g/mol. The number of methoxy groups -OCH3 is 2. The number of aromatic nitrogens is 2. The first-order valence-corrected chi connectivity index (χ1v) is 11.3. The van der Waals surface area contributed by atoms with Gasteiger partial charge in [0.15, 0.2) is 5.16 Å². The van der Waals surface area contributed by atoms with Crippen LogP contribution in [0.5, 0.6) is 11.5 Å². The number of thioether (sulfide) groups is 1. The van der Waals surface area contributed by atoms with Crippen LogP contribution in [-0.2, 0) is 4.79 Å². The van der Waals surface area contributed by atoms with Crippen molar-refractivity contribution in [3.63, 3.8) is 0 Å². The predicted octanol–water partition coefficient (Wildman–Crippen LogP) is 3.65. The van der Waals surface area contributed by atoms with Crippen LogP contribution in [-0.4, -0.2) is 41.6 Å². The second kappa shape index (κ2) is 10.7. The van der Waals surface area contributed by atoms with Crippen LogP contribution in [0.4, 0.5) is 0 Å². The van der Waals surface area contributed by atoms with Crippen LogP contribution >= 0.6 is 11.8 Å². The van der Waals surface area contributed by atoms with Crippen LogP contribution in [0.25, 0.3) is 16.6 Å². The molecule has 1 amide bonds. The maximum Gasteiger partial charge on any atom is 0.266 e. The highest BCUT2D eigenvalue weighted by molar-refractivity contribution is 7.99. The van der Waals surface area contributed by atoms with E-state index in [0.717, 1.165) is 11.8 Å². The molecule has 34 heavy (non-hydrogen) atoms. The molecule has 8 nitrogen and oxygen atoms in total. The summed E-state index contributed by atoms with van der Waals surface area (Å²) in [7, 11) is 3.12. The average molecular weight is 475 g/mol. The van der Waals surface area contributed by atoms with E-state index in [9.17, 15) is 9.59 Å². The summed E-state index contributed by atoms with van der Waals surface area (Å²) < 4.78 is 12.0. The van der Waals surface area contributed by atoms with Crippen LogP contribution in [0.3, 0.4) is 0 Å². The lowest BCUT2D eigenvalue weighted by molar-refractivity contribution is -0.118. The third-order valence-electron chi connectivity index (χ3n) is 4.92. The maximum atomic E-state index is 13.2. The van der Waals surface area contributed by atoms with Crippen molar-refractivity contribution in [1.29, 1.82) is 0 Å². The van der Waals surface area contributed by atoms with Crippen molar-refractivity contribution in [2.24, 2.45) is 5.10 Å². The molecule has 172 valence electrons. The van der Waals surface area contributed by atoms with Gasteiger partial charge in [-0.15, -0.1) is 0 Å². The molecule has 0 aliphatic carbocycles. The first-order chi connectivity index (χ1) is 16.6. The Kier molecular flexibility index (Phi) is 7.24. The van der Waals surface area contributed by atoms with E-state index in [0.29, 0.717) is 38.8 Å². The summed E-state index contributed by atoms with van der Waals surface area (Å²) in [6.45, 7) is 0. The second-order valence-corrected chi connectivity index (χ2v) is 8.02. The maximum absolute atomic E-state index is 13.2. The minimum absolute atomic E-state index is 0.0181. The summed E-state index contributed by atoms with van der Waals surface area (Å²) in [4.78, 5) is 30.3. The molecule has 3 aromatic carbocycles. The van der Waals surface area contributed by atoms with Gasteiger partial charge in [0.05, 0.1) is 42.8 Å². The first kappa shape index (κ1) is 23.1. The van der Waals surface area contributed by atoms with Gasteiger partial charge < -0.3 is 9.47 Å². The van der Waals surface area contributed by atoms with Gasteiger partial charge in [-0.25, -0.2) is 10.4 Å². The van der Waals surface area contributed by atoms with Crippen molar-refractivity contribution in [3.8, 4) is 17.2 Å². The van der Waals surface area contributed by atoms with Crippen LogP contribution < -0.4 is 20.5 Å². The summed E-state index contributed by atoms with van der Waals surface area (Å²) >= 11 is 1.16. The quantitative estimate of drug-likeness (QED) is 0.181. The Hall–Kier alpha value is -4.11. The standard InChI is InChI=1S/C25H22N4O4S/c1-32-19-12-13-22(33-2)17(14-19)15-26-28-23(30)16-34-25-27-21-11-7-6-10-20(21)24(31)29(25)18-8-4-3-5-9-18/h3-15H,16H2,1-2H3,(H,28,30). The van der Waals surface area contributed by atoms with E-state index in [1.165, 1.54) is 10.8 Å². The van der Waals surface area contributed by atoms with Gasteiger partial charge in [-0.2, -0.15) is 5.10 Å². The van der Waals surface area contributed by atoms with Crippen molar-refractivity contribution < 1.29 is 14.3 Å². The Morgan fingerprint density at radius 2 is 1.82 bits per heavy atom. The minimum atomic E-state index is -0.342. The van der Waals surface area contributed by atoms with Crippen LogP contribution in [0, 0.1) is 0 Å². The van der Waals surface area contributed by atoms with Crippen LogP contribution in [0.15, 0.2) is 87.8 Å². The Labute approximate surface area is 200 Å². The fourth-order valence-corrected chi connectivity index (χ4v) is 4.10. The zero-order valence-electron chi connectivity index (χ0n) is 18.6. The number of ether oxygens (including phenoxy) is 2. The SMILES string of the molecule is COc1ccc(OC)c(C=NNC(=O)CSc2nc3ccccc3c(=O)n2-c2ccccc2)c1. The first-order valence-electron chi connectivity index (χ1n) is 10.3. The van der Waals surface area contributed by atoms with Crippen molar-refractivity contribution >= 4 is 34.8 Å². The lowest BCUT2D eigenvalue weighted by Gasteiger charge is -2.12. The van der Waals surface area contributed by atoms with E-state index < -0.39 is 0 Å². The van der Waals surface area contributed by atoms with Gasteiger partial charge in [0.1, 0.15) is 11.5 Å². The number of nitrogens with one attached hydrogen (secondary N) is 1. The van der Waals surface area contributed by atoms with Crippen molar-refractivity contribution in [2.75, 3.05) is 20.0 Å². The van der Waals surface area contributed by atoms with E-state index in [-0.39, 0.29) is 17.2 Å². The van der Waals surface area contributed by atoms with Gasteiger partial charge in [-0.3, -0.25) is 14.2 Å². The highest BCUT2D eigenvalue weighted by Gasteiger charge is 2.14. The van der Waals surface area contributed by atoms with Gasteiger partial charge in [-0.1, -0.05) is 42.1 Å². The van der Waals surface area contributed by atoms with Gasteiger partial charge >= 0.3 is 0 Å². The number of hydrogen-bond acceptors (Lipinski definition) is 7. The lowest BCUT2D eigenvalue weighted by atomic mass is 10.2. The molecule has 0 atom stereocenters. The van der Waals surface area contributed by atoms with E-state index in [1.54, 1.807) is 50.6 Å². The number of para-hydroxylation sites is 2. The van der Waals surface area contributed by atoms with Crippen LogP contribution in [0.1, 0.15) is 5.56 Å². The molecule has 0 spiro atoms. The predicted molar refractivity (Wildman–Crippen MR) is 133 cm³/mol. The molecule has 9 heteroatoms. The molecule has 0 fully saturated rings. The zero-order valence-corrected chi connectivity index (χ0v) is 19.4. The Bertz CT molecular complexity index is 1400. The number of amides is 1. The monoisotopic (exact) mass is 474 g/mol. The topological polar surface area (TPSA) is 94.8 Å². The number of carbonyl (C=O) groups excluding carboxylic acids is 1. The fraction of sp³-hybridized carbons (Fsp3) is 0.120. The average Bonchev–Trinajstić information content (AvgIpc) is 2.88. The molecule has 0 aliphatic heterocycles. The van der Waals surface area contributed by atoms with Crippen molar-refractivity contribution in [1.82, 2.24) is 15.0 Å². The summed E-state index contributed by atoms with van der Waals surface area (Å²) in [6.07, 6.45) is 1.48. The molecule has 4 aromatic rings. The Balaban J connectivity index is 1.53. The molecular formula is C25H22N4O4S. The number of benzene rings is 3. The van der Waals surface area contributed by atoms with E-state index >= 15 is 0 Å². The minimum Gasteiger partial charge on any atom is -0.497 e. The molecule has 0 saturated carbocycles. The Morgan fingerprint density at radius 3 is 2.59 bits per heavy atom. The van der Waals surface area contributed by atoms with E-state index in [4.69, 9.17) is 9.47 Å². The van der Waals surface area contributed by atoms with Gasteiger partial charge in [0.2, 0.25) is 0 Å². The third-order valence-corrected chi connectivity index (χ3v) is 5.86. The van der Waals surface area contributed by atoms with Gasteiger partial charge in [0, 0.05) is 5.56 Å². The molecule has 0 aliphatic rings. The molecule has 1 heterocycles. The third kappa shape index (κ3) is 5.10. The number of nitrogens with zero attached hydrogens (tertiary/aromatic N) is 3. The highest BCUT2D eigenvalue weighted by Crippen LogP contribution is 2.23. The summed E-state index contributed by atoms with van der Waals surface area (Å²) in [5.74, 6) is 0.917. The summed E-state index contributed by atoms with van der Waals surface area (Å²) in [5.41, 5.74) is 4.22. The highest BCUT2D eigenvalue weighted by atomic mass is 32.2. The van der Waals surface area contributed by atoms with E-state index in [2.05, 4.69) is 15.5 Å². The van der Waals surface area contributed by atoms with Crippen LogP contribution in [0.2, 0.25) is 0 Å². The molecule has 1 N–H and O–H groups in total. The Morgan fingerprint density at radius 1 is 1.06 bits per heavy atom. The summed E-state index contributed by atoms with van der Waals surface area (Å²) in [6, 6.07) is 21.6. The molecule has 0 saturated heterocycles. The van der Waals surface area contributed by atoms with Gasteiger partial charge in [-0.05, 0) is 42.5 Å². The summed E-state index contributed by atoms with van der Waals surface area (Å²) in [5, 5.41) is 4.95. The number of rotatable bonds is 8. The zero-order chi connectivity index (χ0) is 23.9. The smallest absolute Gasteiger partial charge is 0.266 e. The van der Waals surface area contributed by atoms with Crippen molar-refractivity contribution in [2.45, 2.75) is 5.16 Å².